The number of ether oxygens (including phenoxy) is 1. The van der Waals surface area contributed by atoms with Crippen molar-refractivity contribution in [2.24, 2.45) is 4.99 Å². The van der Waals surface area contributed by atoms with Gasteiger partial charge in [0, 0.05) is 11.1 Å². The van der Waals surface area contributed by atoms with E-state index < -0.39 is 0 Å². The third-order valence-corrected chi connectivity index (χ3v) is 3.59. The average molecular weight is 298 g/mol. The molecule has 21 heavy (non-hydrogen) atoms. The molecule has 0 N–H and O–H groups in total. The smallest absolute Gasteiger partial charge is 0.209 e. The minimum Gasteiger partial charge on any atom is -0.476 e. The van der Waals surface area contributed by atoms with Gasteiger partial charge >= 0.3 is 0 Å². The lowest BCUT2D eigenvalue weighted by molar-refractivity contribution is 0.318. The van der Waals surface area contributed by atoms with Crippen molar-refractivity contribution in [2.75, 3.05) is 6.61 Å². The summed E-state index contributed by atoms with van der Waals surface area (Å²) in [6, 6.07) is 18.3. The highest BCUT2D eigenvalue weighted by molar-refractivity contribution is 6.30. The first kappa shape index (κ1) is 13.9. The zero-order valence-corrected chi connectivity index (χ0v) is 12.3. The van der Waals surface area contributed by atoms with E-state index >= 15 is 0 Å². The summed E-state index contributed by atoms with van der Waals surface area (Å²) in [5, 5.41) is 0.740. The van der Waals surface area contributed by atoms with Gasteiger partial charge in [0.2, 0.25) is 5.90 Å². The van der Waals surface area contributed by atoms with Crippen molar-refractivity contribution < 1.29 is 4.74 Å². The van der Waals surface area contributed by atoms with Crippen molar-refractivity contribution in [3.63, 3.8) is 0 Å². The lowest BCUT2D eigenvalue weighted by Gasteiger charge is -2.03. The van der Waals surface area contributed by atoms with E-state index in [4.69, 9.17) is 16.3 Å². The fourth-order valence-corrected chi connectivity index (χ4v) is 2.39. The van der Waals surface area contributed by atoms with Crippen LogP contribution >= 0.6 is 11.6 Å². The predicted molar refractivity (Wildman–Crippen MR) is 87.8 cm³/mol. The normalized spacial score (nSPS) is 17.8. The first-order chi connectivity index (χ1) is 10.3. The first-order valence-electron chi connectivity index (χ1n) is 6.98. The number of rotatable bonds is 4. The third-order valence-electron chi connectivity index (χ3n) is 3.34. The molecule has 3 rings (SSSR count). The molecule has 1 atom stereocenters. The lowest BCUT2D eigenvalue weighted by Crippen LogP contribution is -2.09. The van der Waals surface area contributed by atoms with Crippen molar-refractivity contribution in [1.29, 1.82) is 0 Å². The molecule has 106 valence electrons. The Bertz CT molecular complexity index is 647. The van der Waals surface area contributed by atoms with Gasteiger partial charge in [0.1, 0.15) is 6.61 Å². The Hall–Kier alpha value is -2.06. The average Bonchev–Trinajstić information content (AvgIpc) is 2.95. The van der Waals surface area contributed by atoms with Gasteiger partial charge in [0.25, 0.3) is 0 Å². The SMILES string of the molecule is Clc1ccc(/C=C/C2=N[C@@H](Cc3ccccc3)CO2)cc1. The Labute approximate surface area is 129 Å². The van der Waals surface area contributed by atoms with E-state index in [1.165, 1.54) is 5.56 Å². The summed E-state index contributed by atoms with van der Waals surface area (Å²) in [6.07, 6.45) is 4.81. The molecule has 2 nitrogen and oxygen atoms in total. The molecule has 0 aromatic heterocycles. The Morgan fingerprint density at radius 1 is 1.05 bits per heavy atom. The summed E-state index contributed by atoms with van der Waals surface area (Å²) in [5.74, 6) is 0.700. The van der Waals surface area contributed by atoms with Gasteiger partial charge < -0.3 is 4.74 Å². The highest BCUT2D eigenvalue weighted by Crippen LogP contribution is 2.14. The molecule has 0 spiro atoms. The van der Waals surface area contributed by atoms with E-state index in [-0.39, 0.29) is 6.04 Å². The summed E-state index contributed by atoms with van der Waals surface area (Å²) in [7, 11) is 0. The Balaban J connectivity index is 1.62. The molecule has 0 aliphatic carbocycles. The summed E-state index contributed by atoms with van der Waals surface area (Å²) in [5.41, 5.74) is 2.37. The van der Waals surface area contributed by atoms with Gasteiger partial charge in [0.05, 0.1) is 6.04 Å². The van der Waals surface area contributed by atoms with E-state index in [2.05, 4.69) is 29.3 Å². The fourth-order valence-electron chi connectivity index (χ4n) is 2.26. The van der Waals surface area contributed by atoms with Crippen LogP contribution < -0.4 is 0 Å². The van der Waals surface area contributed by atoms with Crippen LogP contribution in [-0.4, -0.2) is 18.5 Å². The predicted octanol–water partition coefficient (Wildman–Crippen LogP) is 4.39. The third kappa shape index (κ3) is 3.96. The van der Waals surface area contributed by atoms with Crippen molar-refractivity contribution in [3.05, 3.63) is 76.8 Å². The van der Waals surface area contributed by atoms with Crippen LogP contribution in [0.4, 0.5) is 0 Å². The van der Waals surface area contributed by atoms with E-state index in [0.717, 1.165) is 17.0 Å². The van der Waals surface area contributed by atoms with Gasteiger partial charge in [-0.1, -0.05) is 54.1 Å². The molecule has 1 aliphatic heterocycles. The van der Waals surface area contributed by atoms with Gasteiger partial charge in [-0.2, -0.15) is 0 Å². The summed E-state index contributed by atoms with van der Waals surface area (Å²) < 4.78 is 5.62. The van der Waals surface area contributed by atoms with Crippen LogP contribution in [0.25, 0.3) is 6.08 Å². The number of aliphatic imine (C=N–C) groups is 1. The molecule has 0 saturated carbocycles. The molecule has 1 heterocycles. The molecule has 0 unspecified atom stereocenters. The van der Waals surface area contributed by atoms with Gasteiger partial charge in [0.15, 0.2) is 0 Å². The van der Waals surface area contributed by atoms with E-state index in [1.807, 2.05) is 42.5 Å². The number of halogens is 1. The molecule has 3 heteroatoms. The second-order valence-corrected chi connectivity index (χ2v) is 5.44. The summed E-state index contributed by atoms with van der Waals surface area (Å²) in [4.78, 5) is 4.60. The van der Waals surface area contributed by atoms with Crippen LogP contribution in [0.5, 0.6) is 0 Å². The van der Waals surface area contributed by atoms with Crippen molar-refractivity contribution >= 4 is 23.6 Å². The largest absolute Gasteiger partial charge is 0.476 e. The highest BCUT2D eigenvalue weighted by atomic mass is 35.5. The second kappa shape index (κ2) is 6.59. The zero-order valence-electron chi connectivity index (χ0n) is 11.6. The van der Waals surface area contributed by atoms with E-state index in [1.54, 1.807) is 0 Å². The van der Waals surface area contributed by atoms with Gasteiger partial charge in [-0.15, -0.1) is 0 Å². The van der Waals surface area contributed by atoms with Crippen LogP contribution in [0.15, 0.2) is 65.7 Å². The zero-order chi connectivity index (χ0) is 14.5. The summed E-state index contributed by atoms with van der Waals surface area (Å²) >= 11 is 5.86. The molecule has 0 amide bonds. The van der Waals surface area contributed by atoms with Crippen molar-refractivity contribution in [2.45, 2.75) is 12.5 Å². The van der Waals surface area contributed by atoms with E-state index in [9.17, 15) is 0 Å². The Morgan fingerprint density at radius 2 is 1.81 bits per heavy atom. The first-order valence-corrected chi connectivity index (χ1v) is 7.35. The summed E-state index contributed by atoms with van der Waals surface area (Å²) in [6.45, 7) is 0.648. The molecular formula is C18H16ClNO. The minimum absolute atomic E-state index is 0.206. The van der Waals surface area contributed by atoms with Crippen LogP contribution in [-0.2, 0) is 11.2 Å². The van der Waals surface area contributed by atoms with Crippen molar-refractivity contribution in [3.8, 4) is 0 Å². The lowest BCUT2D eigenvalue weighted by atomic mass is 10.1. The van der Waals surface area contributed by atoms with Gasteiger partial charge in [-0.3, -0.25) is 0 Å². The van der Waals surface area contributed by atoms with E-state index in [0.29, 0.717) is 12.5 Å². The molecule has 0 bridgehead atoms. The minimum atomic E-state index is 0.206. The van der Waals surface area contributed by atoms with Crippen LogP contribution in [0.1, 0.15) is 11.1 Å². The molecule has 0 saturated heterocycles. The molecule has 2 aromatic carbocycles. The van der Waals surface area contributed by atoms with Crippen LogP contribution in [0.3, 0.4) is 0 Å². The molecule has 0 fully saturated rings. The standard InChI is InChI=1S/C18H16ClNO/c19-16-9-6-14(7-10-16)8-11-18-20-17(13-21-18)12-15-4-2-1-3-5-15/h1-11,17H,12-13H2/b11-8+/t17-/m0/s1. The van der Waals surface area contributed by atoms with Crippen LogP contribution in [0, 0.1) is 0 Å². The Kier molecular flexibility index (Phi) is 4.37. The maximum absolute atomic E-state index is 5.86. The topological polar surface area (TPSA) is 21.6 Å². The number of benzene rings is 2. The number of hydrogen-bond donors (Lipinski definition) is 0. The molecule has 2 aromatic rings. The quantitative estimate of drug-likeness (QED) is 0.820. The fraction of sp³-hybridized carbons (Fsp3) is 0.167. The van der Waals surface area contributed by atoms with Crippen molar-refractivity contribution in [1.82, 2.24) is 0 Å². The Morgan fingerprint density at radius 3 is 2.57 bits per heavy atom. The highest BCUT2D eigenvalue weighted by Gasteiger charge is 2.17. The molecule has 0 radical (unpaired) electrons. The maximum Gasteiger partial charge on any atom is 0.209 e. The number of hydrogen-bond acceptors (Lipinski definition) is 2. The number of nitrogens with zero attached hydrogens (tertiary/aromatic N) is 1. The maximum atomic E-state index is 5.86. The van der Waals surface area contributed by atoms with Gasteiger partial charge in [-0.05, 0) is 35.8 Å². The molecule has 1 aliphatic rings. The van der Waals surface area contributed by atoms with Gasteiger partial charge in [-0.25, -0.2) is 4.99 Å². The molecular weight excluding hydrogens is 282 g/mol. The monoisotopic (exact) mass is 297 g/mol. The van der Waals surface area contributed by atoms with Crippen LogP contribution in [0.2, 0.25) is 5.02 Å². The second-order valence-electron chi connectivity index (χ2n) is 5.01.